The highest BCUT2D eigenvalue weighted by molar-refractivity contribution is 6.04. The van der Waals surface area contributed by atoms with Gasteiger partial charge in [-0.1, -0.05) is 109 Å². The van der Waals surface area contributed by atoms with Crippen LogP contribution in [0.1, 0.15) is 0 Å². The molecule has 214 valence electrons. The average molecular weight is 587 g/mol. The van der Waals surface area contributed by atoms with Crippen LogP contribution in [0.4, 0.5) is 0 Å². The topological polar surface area (TPSA) is 51.6 Å². The van der Waals surface area contributed by atoms with Gasteiger partial charge in [-0.05, 0) is 80.2 Å². The van der Waals surface area contributed by atoms with Crippen LogP contribution in [-0.4, -0.2) is 19.9 Å². The van der Waals surface area contributed by atoms with Crippen LogP contribution in [0.25, 0.3) is 88.4 Å². The molecule has 9 rings (SSSR count). The quantitative estimate of drug-likeness (QED) is 0.193. The van der Waals surface area contributed by atoms with Gasteiger partial charge in [0, 0.05) is 23.2 Å². The molecule has 4 heteroatoms. The second-order valence-corrected chi connectivity index (χ2v) is 11.5. The molecular formula is C42H26N4. The molecule has 0 bridgehead atoms. The van der Waals surface area contributed by atoms with Gasteiger partial charge in [0.1, 0.15) is 0 Å². The lowest BCUT2D eigenvalue weighted by Gasteiger charge is -2.10. The zero-order chi connectivity index (χ0) is 30.5. The average Bonchev–Trinajstić information content (AvgIpc) is 3.14. The molecule has 0 atom stereocenters. The van der Waals surface area contributed by atoms with Crippen molar-refractivity contribution in [3.63, 3.8) is 0 Å². The number of nitrogens with zero attached hydrogens (tertiary/aromatic N) is 4. The Morgan fingerprint density at radius 1 is 0.326 bits per heavy atom. The van der Waals surface area contributed by atoms with E-state index in [9.17, 15) is 0 Å². The number of pyridine rings is 4. The molecule has 0 aliphatic carbocycles. The second-order valence-electron chi connectivity index (χ2n) is 11.5. The van der Waals surface area contributed by atoms with Gasteiger partial charge in [-0.25, -0.2) is 9.97 Å². The van der Waals surface area contributed by atoms with E-state index in [0.29, 0.717) is 0 Å². The molecule has 0 saturated carbocycles. The molecule has 0 fully saturated rings. The first-order chi connectivity index (χ1) is 22.8. The molecule has 0 N–H and O–H groups in total. The molecule has 46 heavy (non-hydrogen) atoms. The van der Waals surface area contributed by atoms with Gasteiger partial charge in [0.05, 0.1) is 33.8 Å². The molecule has 5 aromatic carbocycles. The van der Waals surface area contributed by atoms with E-state index in [-0.39, 0.29) is 0 Å². The molecule has 4 heterocycles. The van der Waals surface area contributed by atoms with E-state index in [0.717, 1.165) is 55.7 Å². The van der Waals surface area contributed by atoms with Crippen molar-refractivity contribution in [1.82, 2.24) is 19.9 Å². The van der Waals surface area contributed by atoms with E-state index < -0.39 is 0 Å². The monoisotopic (exact) mass is 586 g/mol. The molecule has 0 amide bonds. The van der Waals surface area contributed by atoms with Crippen LogP contribution >= 0.6 is 0 Å². The van der Waals surface area contributed by atoms with Crippen LogP contribution in [0.3, 0.4) is 0 Å². The minimum atomic E-state index is 0.811. The van der Waals surface area contributed by atoms with E-state index in [1.54, 1.807) is 0 Å². The highest BCUT2D eigenvalue weighted by Gasteiger charge is 2.13. The Morgan fingerprint density at radius 2 is 0.761 bits per heavy atom. The molecular weight excluding hydrogens is 560 g/mol. The number of fused-ring (bicyclic) bond motifs is 5. The van der Waals surface area contributed by atoms with Gasteiger partial charge in [0.15, 0.2) is 0 Å². The third-order valence-corrected chi connectivity index (χ3v) is 8.77. The molecule has 0 aliphatic heterocycles. The molecule has 0 aliphatic rings. The van der Waals surface area contributed by atoms with Crippen molar-refractivity contribution in [2.45, 2.75) is 0 Å². The molecule has 0 radical (unpaired) electrons. The number of hydrogen-bond donors (Lipinski definition) is 0. The Hall–Kier alpha value is -6.26. The van der Waals surface area contributed by atoms with E-state index in [2.05, 4.69) is 133 Å². The van der Waals surface area contributed by atoms with Gasteiger partial charge < -0.3 is 0 Å². The van der Waals surface area contributed by atoms with E-state index in [4.69, 9.17) is 19.9 Å². The fourth-order valence-corrected chi connectivity index (χ4v) is 6.48. The Bertz CT molecular complexity index is 2410. The first-order valence-corrected chi connectivity index (χ1v) is 15.4. The second kappa shape index (κ2) is 10.7. The lowest BCUT2D eigenvalue weighted by molar-refractivity contribution is 1.26. The van der Waals surface area contributed by atoms with Crippen LogP contribution in [0.2, 0.25) is 0 Å². The minimum absolute atomic E-state index is 0.811. The summed E-state index contributed by atoms with van der Waals surface area (Å²) < 4.78 is 0. The van der Waals surface area contributed by atoms with E-state index in [1.807, 2.05) is 24.5 Å². The van der Waals surface area contributed by atoms with E-state index >= 15 is 0 Å². The first-order valence-electron chi connectivity index (χ1n) is 15.4. The summed E-state index contributed by atoms with van der Waals surface area (Å²) in [6.07, 6.45) is 3.73. The fraction of sp³-hybridized carbons (Fsp3) is 0. The van der Waals surface area contributed by atoms with Crippen LogP contribution < -0.4 is 0 Å². The smallest absolute Gasteiger partial charge is 0.0973 e. The predicted octanol–water partition coefficient (Wildman–Crippen LogP) is 10.5. The summed E-state index contributed by atoms with van der Waals surface area (Å²) in [6.45, 7) is 0. The maximum absolute atomic E-state index is 5.16. The summed E-state index contributed by atoms with van der Waals surface area (Å²) in [7, 11) is 0. The highest BCUT2D eigenvalue weighted by atomic mass is 14.8. The number of benzene rings is 5. The van der Waals surface area contributed by atoms with Gasteiger partial charge in [0.2, 0.25) is 0 Å². The van der Waals surface area contributed by atoms with Crippen LogP contribution in [0.15, 0.2) is 158 Å². The summed E-state index contributed by atoms with van der Waals surface area (Å²) in [5, 5.41) is 6.93. The van der Waals surface area contributed by atoms with Crippen molar-refractivity contribution in [3.8, 4) is 45.0 Å². The minimum Gasteiger partial charge on any atom is -0.255 e. The molecule has 4 aromatic heterocycles. The fourth-order valence-electron chi connectivity index (χ4n) is 6.48. The molecule has 4 nitrogen and oxygen atoms in total. The number of aromatic nitrogens is 4. The SMILES string of the molecule is c1ccc2c(-c3ccnc(-c4ccc5ccc6ccc(-c7cc(-c8cccc9ccccc89)ccn7)nc6c5n4)c3)cccc2c1. The first kappa shape index (κ1) is 26.2. The van der Waals surface area contributed by atoms with Crippen molar-refractivity contribution in [3.05, 3.63) is 158 Å². The predicted molar refractivity (Wildman–Crippen MR) is 189 cm³/mol. The largest absolute Gasteiger partial charge is 0.255 e. The van der Waals surface area contributed by atoms with Gasteiger partial charge >= 0.3 is 0 Å². The Kier molecular flexibility index (Phi) is 6.10. The van der Waals surface area contributed by atoms with Crippen molar-refractivity contribution >= 4 is 43.4 Å². The van der Waals surface area contributed by atoms with Crippen molar-refractivity contribution in [1.29, 1.82) is 0 Å². The zero-order valence-electron chi connectivity index (χ0n) is 24.8. The summed E-state index contributed by atoms with van der Waals surface area (Å²) >= 11 is 0. The van der Waals surface area contributed by atoms with Crippen molar-refractivity contribution < 1.29 is 0 Å². The van der Waals surface area contributed by atoms with Gasteiger partial charge in [-0.15, -0.1) is 0 Å². The maximum Gasteiger partial charge on any atom is 0.0973 e. The van der Waals surface area contributed by atoms with Gasteiger partial charge in [-0.2, -0.15) is 0 Å². The standard InChI is InChI=1S/C42H26N4/c1-3-11-33-27(7-1)9-5-13-35(33)31-21-23-43-39(25-31)37-19-17-29-15-16-30-18-20-38(46-42(30)41(29)45-37)40-26-32(22-24-44-40)36-14-6-10-28-8-2-4-12-34(28)36/h1-26H. The Balaban J connectivity index is 1.15. The summed E-state index contributed by atoms with van der Waals surface area (Å²) in [4.78, 5) is 19.8. The van der Waals surface area contributed by atoms with Crippen LogP contribution in [0, 0.1) is 0 Å². The zero-order valence-corrected chi connectivity index (χ0v) is 24.8. The van der Waals surface area contributed by atoms with Crippen LogP contribution in [0.5, 0.6) is 0 Å². The van der Waals surface area contributed by atoms with Crippen LogP contribution in [-0.2, 0) is 0 Å². The van der Waals surface area contributed by atoms with E-state index in [1.165, 1.54) is 32.7 Å². The summed E-state index contributed by atoms with van der Waals surface area (Å²) in [6, 6.07) is 50.7. The lowest BCUT2D eigenvalue weighted by atomic mass is 9.98. The molecule has 0 spiro atoms. The van der Waals surface area contributed by atoms with Crippen molar-refractivity contribution in [2.24, 2.45) is 0 Å². The van der Waals surface area contributed by atoms with Gasteiger partial charge in [-0.3, -0.25) is 9.97 Å². The summed E-state index contributed by atoms with van der Waals surface area (Å²) in [5.74, 6) is 0. The molecule has 0 saturated heterocycles. The van der Waals surface area contributed by atoms with Gasteiger partial charge in [0.25, 0.3) is 0 Å². The highest BCUT2D eigenvalue weighted by Crippen LogP contribution is 2.34. The third-order valence-electron chi connectivity index (χ3n) is 8.77. The molecule has 0 unspecified atom stereocenters. The number of hydrogen-bond acceptors (Lipinski definition) is 4. The van der Waals surface area contributed by atoms with Crippen molar-refractivity contribution in [2.75, 3.05) is 0 Å². The maximum atomic E-state index is 5.16. The number of rotatable bonds is 4. The third kappa shape index (κ3) is 4.47. The summed E-state index contributed by atoms with van der Waals surface area (Å²) in [5.41, 5.74) is 9.54. The molecule has 9 aromatic rings. The Morgan fingerprint density at radius 3 is 1.26 bits per heavy atom. The lowest BCUT2D eigenvalue weighted by Crippen LogP contribution is -1.94. The Labute approximate surface area is 265 Å². The normalized spacial score (nSPS) is 11.5.